The van der Waals surface area contributed by atoms with E-state index < -0.39 is 0 Å². The lowest BCUT2D eigenvalue weighted by molar-refractivity contribution is 0.878. The van der Waals surface area contributed by atoms with Gasteiger partial charge in [0.15, 0.2) is 0 Å². The molecule has 0 aliphatic rings. The van der Waals surface area contributed by atoms with Crippen molar-refractivity contribution in [3.63, 3.8) is 0 Å². The van der Waals surface area contributed by atoms with E-state index in [4.69, 9.17) is 18.0 Å². The molecular weight excluding hydrogens is 254 g/mol. The normalized spacial score (nSPS) is 11.9. The smallest absolute Gasteiger partial charge is 0.103 e. The molecule has 0 saturated heterocycles. The zero-order valence-corrected chi connectivity index (χ0v) is 11.9. The highest BCUT2D eigenvalue weighted by atomic mass is 32.1. The van der Waals surface area contributed by atoms with Crippen molar-refractivity contribution in [3.05, 3.63) is 59.4 Å². The van der Waals surface area contributed by atoms with Crippen LogP contribution < -0.4 is 11.1 Å². The summed E-state index contributed by atoms with van der Waals surface area (Å²) in [6.07, 6.45) is 3.60. The third-order valence-electron chi connectivity index (χ3n) is 3.09. The van der Waals surface area contributed by atoms with Crippen molar-refractivity contribution in [3.8, 4) is 0 Å². The summed E-state index contributed by atoms with van der Waals surface area (Å²) < 4.78 is 0. The molecule has 0 fully saturated rings. The predicted molar refractivity (Wildman–Crippen MR) is 83.3 cm³/mol. The van der Waals surface area contributed by atoms with Crippen molar-refractivity contribution < 1.29 is 0 Å². The molecule has 1 aromatic heterocycles. The van der Waals surface area contributed by atoms with E-state index >= 15 is 0 Å². The Balaban J connectivity index is 2.18. The van der Waals surface area contributed by atoms with Gasteiger partial charge in [-0.05, 0) is 55.3 Å². The van der Waals surface area contributed by atoms with Crippen molar-refractivity contribution in [1.82, 2.24) is 4.98 Å². The molecule has 1 atom stereocenters. The maximum atomic E-state index is 5.63. The van der Waals surface area contributed by atoms with Crippen LogP contribution in [0, 0.1) is 6.92 Å². The SMILES string of the molecule is Cc1cc(C(N)=S)ccc1NC(C)c1ccncc1. The van der Waals surface area contributed by atoms with Gasteiger partial charge in [-0.25, -0.2) is 0 Å². The van der Waals surface area contributed by atoms with Gasteiger partial charge < -0.3 is 11.1 Å². The average Bonchev–Trinajstić information content (AvgIpc) is 2.41. The van der Waals surface area contributed by atoms with Crippen LogP contribution in [-0.4, -0.2) is 9.97 Å². The first-order valence-corrected chi connectivity index (χ1v) is 6.55. The lowest BCUT2D eigenvalue weighted by Crippen LogP contribution is -2.11. The summed E-state index contributed by atoms with van der Waals surface area (Å²) in [5.41, 5.74) is 9.95. The van der Waals surface area contributed by atoms with Crippen molar-refractivity contribution >= 4 is 22.9 Å². The molecule has 1 aromatic carbocycles. The van der Waals surface area contributed by atoms with Crippen LogP contribution >= 0.6 is 12.2 Å². The largest absolute Gasteiger partial charge is 0.389 e. The maximum absolute atomic E-state index is 5.63. The number of benzene rings is 1. The number of aromatic nitrogens is 1. The summed E-state index contributed by atoms with van der Waals surface area (Å²) in [6, 6.07) is 10.2. The number of thiocarbonyl (C=S) groups is 1. The van der Waals surface area contributed by atoms with Gasteiger partial charge in [-0.15, -0.1) is 0 Å². The highest BCUT2D eigenvalue weighted by Crippen LogP contribution is 2.22. The quantitative estimate of drug-likeness (QED) is 0.838. The van der Waals surface area contributed by atoms with E-state index in [1.807, 2.05) is 37.3 Å². The Bertz CT molecular complexity index is 581. The Morgan fingerprint density at radius 1 is 1.26 bits per heavy atom. The van der Waals surface area contributed by atoms with E-state index in [2.05, 4.69) is 17.2 Å². The zero-order chi connectivity index (χ0) is 13.8. The average molecular weight is 271 g/mol. The molecule has 2 aromatic rings. The number of hydrogen-bond acceptors (Lipinski definition) is 3. The van der Waals surface area contributed by atoms with Gasteiger partial charge >= 0.3 is 0 Å². The molecule has 4 heteroatoms. The molecule has 0 aliphatic carbocycles. The number of nitrogens with one attached hydrogen (secondary N) is 1. The van der Waals surface area contributed by atoms with Crippen LogP contribution in [0.25, 0.3) is 0 Å². The predicted octanol–water partition coefficient (Wildman–Crippen LogP) is 3.20. The summed E-state index contributed by atoms with van der Waals surface area (Å²) in [4.78, 5) is 4.45. The minimum atomic E-state index is 0.220. The highest BCUT2D eigenvalue weighted by Gasteiger charge is 2.07. The van der Waals surface area contributed by atoms with E-state index in [9.17, 15) is 0 Å². The van der Waals surface area contributed by atoms with Crippen LogP contribution in [0.1, 0.15) is 29.7 Å². The first kappa shape index (κ1) is 13.5. The van der Waals surface area contributed by atoms with Gasteiger partial charge in [0.25, 0.3) is 0 Å². The highest BCUT2D eigenvalue weighted by molar-refractivity contribution is 7.80. The van der Waals surface area contributed by atoms with Crippen molar-refractivity contribution in [2.24, 2.45) is 5.73 Å². The molecule has 98 valence electrons. The summed E-state index contributed by atoms with van der Waals surface area (Å²) >= 11 is 4.98. The molecule has 2 rings (SSSR count). The van der Waals surface area contributed by atoms with Crippen LogP contribution in [0.3, 0.4) is 0 Å². The molecule has 0 spiro atoms. The second kappa shape index (κ2) is 5.80. The molecule has 0 amide bonds. The standard InChI is InChI=1S/C15H17N3S/c1-10-9-13(15(16)19)3-4-14(10)18-11(2)12-5-7-17-8-6-12/h3-9,11,18H,1-2H3,(H2,16,19). The van der Waals surface area contributed by atoms with Crippen molar-refractivity contribution in [2.45, 2.75) is 19.9 Å². The second-order valence-corrected chi connectivity index (χ2v) is 4.98. The molecule has 0 aliphatic heterocycles. The molecular formula is C15H17N3S. The van der Waals surface area contributed by atoms with Crippen LogP contribution in [0.4, 0.5) is 5.69 Å². The molecule has 0 radical (unpaired) electrons. The number of anilines is 1. The van der Waals surface area contributed by atoms with Gasteiger partial charge in [0, 0.05) is 29.7 Å². The Kier molecular flexibility index (Phi) is 4.12. The van der Waals surface area contributed by atoms with Crippen molar-refractivity contribution in [2.75, 3.05) is 5.32 Å². The summed E-state index contributed by atoms with van der Waals surface area (Å²) in [7, 11) is 0. The number of aryl methyl sites for hydroxylation is 1. The fourth-order valence-electron chi connectivity index (χ4n) is 1.95. The lowest BCUT2D eigenvalue weighted by Gasteiger charge is -2.17. The Labute approximate surface area is 118 Å². The molecule has 0 saturated carbocycles. The minimum Gasteiger partial charge on any atom is -0.389 e. The number of nitrogens with two attached hydrogens (primary N) is 1. The Hall–Kier alpha value is -1.94. The molecule has 3 nitrogen and oxygen atoms in total. The fourth-order valence-corrected chi connectivity index (χ4v) is 2.07. The van der Waals surface area contributed by atoms with Crippen LogP contribution in [0.5, 0.6) is 0 Å². The second-order valence-electron chi connectivity index (χ2n) is 4.54. The van der Waals surface area contributed by atoms with Gasteiger partial charge in [0.05, 0.1) is 0 Å². The van der Waals surface area contributed by atoms with E-state index in [-0.39, 0.29) is 6.04 Å². The maximum Gasteiger partial charge on any atom is 0.103 e. The summed E-state index contributed by atoms with van der Waals surface area (Å²) in [6.45, 7) is 4.17. The van der Waals surface area contributed by atoms with E-state index in [0.29, 0.717) is 4.99 Å². The van der Waals surface area contributed by atoms with Gasteiger partial charge in [-0.2, -0.15) is 0 Å². The Morgan fingerprint density at radius 3 is 2.53 bits per heavy atom. The third-order valence-corrected chi connectivity index (χ3v) is 3.32. The third kappa shape index (κ3) is 3.29. The van der Waals surface area contributed by atoms with E-state index in [1.165, 1.54) is 5.56 Å². The summed E-state index contributed by atoms with van der Waals surface area (Å²) in [5.74, 6) is 0. The first-order chi connectivity index (χ1) is 9.08. The first-order valence-electron chi connectivity index (χ1n) is 6.15. The van der Waals surface area contributed by atoms with Crippen LogP contribution in [0.15, 0.2) is 42.7 Å². The van der Waals surface area contributed by atoms with E-state index in [0.717, 1.165) is 16.8 Å². The van der Waals surface area contributed by atoms with Gasteiger partial charge in [-0.3, -0.25) is 4.98 Å². The van der Waals surface area contributed by atoms with Crippen LogP contribution in [-0.2, 0) is 0 Å². The Morgan fingerprint density at radius 2 is 1.95 bits per heavy atom. The van der Waals surface area contributed by atoms with Gasteiger partial charge in [0.2, 0.25) is 0 Å². The topological polar surface area (TPSA) is 50.9 Å². The number of nitrogens with zero attached hydrogens (tertiary/aromatic N) is 1. The molecule has 19 heavy (non-hydrogen) atoms. The van der Waals surface area contributed by atoms with Crippen molar-refractivity contribution in [1.29, 1.82) is 0 Å². The van der Waals surface area contributed by atoms with Crippen LogP contribution in [0.2, 0.25) is 0 Å². The molecule has 1 unspecified atom stereocenters. The molecule has 1 heterocycles. The van der Waals surface area contributed by atoms with Gasteiger partial charge in [-0.1, -0.05) is 12.2 Å². The monoisotopic (exact) mass is 271 g/mol. The number of hydrogen-bond donors (Lipinski definition) is 2. The number of rotatable bonds is 4. The van der Waals surface area contributed by atoms with Gasteiger partial charge in [0.1, 0.15) is 4.99 Å². The van der Waals surface area contributed by atoms with E-state index in [1.54, 1.807) is 12.4 Å². The minimum absolute atomic E-state index is 0.220. The zero-order valence-electron chi connectivity index (χ0n) is 11.1. The summed E-state index contributed by atoms with van der Waals surface area (Å²) in [5, 5.41) is 3.48. The lowest BCUT2D eigenvalue weighted by atomic mass is 10.1. The number of pyridine rings is 1. The molecule has 3 N–H and O–H groups in total. The molecule has 0 bridgehead atoms. The fraction of sp³-hybridized carbons (Fsp3) is 0.200.